The van der Waals surface area contributed by atoms with Gasteiger partial charge < -0.3 is 10.3 Å². The molecule has 0 unspecified atom stereocenters. The fourth-order valence-corrected chi connectivity index (χ4v) is 6.54. The summed E-state index contributed by atoms with van der Waals surface area (Å²) in [7, 11) is -2.00. The van der Waals surface area contributed by atoms with Gasteiger partial charge in [-0.15, -0.1) is 11.3 Å². The Morgan fingerprint density at radius 3 is 2.71 bits per heavy atom. The van der Waals surface area contributed by atoms with Gasteiger partial charge in [-0.2, -0.15) is 9.40 Å². The van der Waals surface area contributed by atoms with Gasteiger partial charge in [-0.25, -0.2) is 8.42 Å². The number of rotatable bonds is 4. The van der Waals surface area contributed by atoms with Gasteiger partial charge in [0, 0.05) is 42.7 Å². The van der Waals surface area contributed by atoms with Gasteiger partial charge in [-0.3, -0.25) is 9.48 Å². The van der Waals surface area contributed by atoms with Crippen molar-refractivity contribution in [2.24, 2.45) is 12.8 Å². The molecule has 4 heterocycles. The second-order valence-corrected chi connectivity index (χ2v) is 9.92. The maximum Gasteiger partial charge on any atom is 0.269 e. The molecule has 0 saturated heterocycles. The number of thiophene rings is 1. The van der Waals surface area contributed by atoms with Crippen LogP contribution in [-0.2, 0) is 30.0 Å². The van der Waals surface area contributed by atoms with Gasteiger partial charge in [0.15, 0.2) is 5.69 Å². The quantitative estimate of drug-likeness (QED) is 0.682. The monoisotopic (exact) mass is 421 g/mol. The molecule has 0 radical (unpaired) electrons. The van der Waals surface area contributed by atoms with E-state index in [1.54, 1.807) is 30.8 Å². The summed E-state index contributed by atoms with van der Waals surface area (Å²) in [4.78, 5) is 12.5. The number of primary amides is 1. The van der Waals surface area contributed by atoms with Gasteiger partial charge in [0.25, 0.3) is 15.9 Å². The first-order chi connectivity index (χ1) is 13.2. The number of carbonyl (C=O) groups excluding carboxylic acids is 1. The highest BCUT2D eigenvalue weighted by Crippen LogP contribution is 2.37. The largest absolute Gasteiger partial charge is 0.364 e. The molecule has 1 amide bonds. The average Bonchev–Trinajstić information content (AvgIpc) is 3.33. The standard InChI is InChI=1S/C17H19N5O4S2/c1-9-15(10(2)26-20-9)13-4-5-14(27-13)28(24,25)22-7-6-12-11(8-22)16(17(18)23)19-21(12)3/h4-5H,6-8H2,1-3H3,(H2,18,23). The Hall–Kier alpha value is -2.50. The van der Waals surface area contributed by atoms with Crippen molar-refractivity contribution in [1.82, 2.24) is 19.2 Å². The highest BCUT2D eigenvalue weighted by molar-refractivity contribution is 7.91. The van der Waals surface area contributed by atoms with Crippen LogP contribution in [0, 0.1) is 13.8 Å². The zero-order valence-corrected chi connectivity index (χ0v) is 17.2. The first-order valence-corrected chi connectivity index (χ1v) is 10.8. The third-order valence-electron chi connectivity index (χ3n) is 4.90. The van der Waals surface area contributed by atoms with Crippen LogP contribution in [-0.4, -0.2) is 40.1 Å². The number of fused-ring (bicyclic) bond motifs is 1. The molecule has 11 heteroatoms. The fraction of sp³-hybridized carbons (Fsp3) is 0.353. The second kappa shape index (κ2) is 6.54. The molecule has 1 aliphatic rings. The Morgan fingerprint density at radius 2 is 2.07 bits per heavy atom. The van der Waals surface area contributed by atoms with E-state index in [0.29, 0.717) is 30.0 Å². The Balaban J connectivity index is 1.68. The molecule has 3 aromatic heterocycles. The lowest BCUT2D eigenvalue weighted by Crippen LogP contribution is -2.36. The third-order valence-corrected chi connectivity index (χ3v) is 8.31. The van der Waals surface area contributed by atoms with E-state index in [1.165, 1.54) is 15.6 Å². The highest BCUT2D eigenvalue weighted by atomic mass is 32.2. The lowest BCUT2D eigenvalue weighted by atomic mass is 10.1. The summed E-state index contributed by atoms with van der Waals surface area (Å²) >= 11 is 1.17. The number of nitrogens with zero attached hydrogens (tertiary/aromatic N) is 4. The number of aryl methyl sites for hydroxylation is 3. The van der Waals surface area contributed by atoms with Crippen LogP contribution in [0.4, 0.5) is 0 Å². The summed E-state index contributed by atoms with van der Waals surface area (Å²) < 4.78 is 34.8. The summed E-state index contributed by atoms with van der Waals surface area (Å²) in [5.41, 5.74) is 8.47. The molecule has 148 valence electrons. The Kier molecular flexibility index (Phi) is 4.40. The normalized spacial score (nSPS) is 15.0. The zero-order chi connectivity index (χ0) is 20.2. The van der Waals surface area contributed by atoms with E-state index in [2.05, 4.69) is 10.3 Å². The van der Waals surface area contributed by atoms with Gasteiger partial charge >= 0.3 is 0 Å². The van der Waals surface area contributed by atoms with Crippen LogP contribution in [0.25, 0.3) is 10.4 Å². The minimum absolute atomic E-state index is 0.0718. The number of amides is 1. The summed E-state index contributed by atoms with van der Waals surface area (Å²) in [5, 5.41) is 8.07. The molecular weight excluding hydrogens is 402 g/mol. The summed E-state index contributed by atoms with van der Waals surface area (Å²) in [6, 6.07) is 3.35. The van der Waals surface area contributed by atoms with Crippen LogP contribution in [0.15, 0.2) is 20.9 Å². The molecular formula is C17H19N5O4S2. The van der Waals surface area contributed by atoms with Gasteiger partial charge in [0.05, 0.1) is 11.3 Å². The van der Waals surface area contributed by atoms with Gasteiger partial charge in [0.1, 0.15) is 9.97 Å². The summed E-state index contributed by atoms with van der Waals surface area (Å²) in [6.07, 6.45) is 0.466. The summed E-state index contributed by atoms with van der Waals surface area (Å²) in [6.45, 7) is 4.00. The maximum atomic E-state index is 13.2. The number of nitrogens with two attached hydrogens (primary N) is 1. The Labute approximate surface area is 165 Å². The molecule has 0 atom stereocenters. The van der Waals surface area contributed by atoms with Crippen LogP contribution in [0.1, 0.15) is 33.2 Å². The second-order valence-electron chi connectivity index (χ2n) is 6.67. The van der Waals surface area contributed by atoms with E-state index in [9.17, 15) is 13.2 Å². The van der Waals surface area contributed by atoms with Crippen molar-refractivity contribution in [2.75, 3.05) is 6.54 Å². The van der Waals surface area contributed by atoms with Crippen molar-refractivity contribution in [1.29, 1.82) is 0 Å². The van der Waals surface area contributed by atoms with Gasteiger partial charge in [0.2, 0.25) is 0 Å². The number of hydrogen-bond acceptors (Lipinski definition) is 7. The smallest absolute Gasteiger partial charge is 0.269 e. The Bertz CT molecular complexity index is 1170. The number of sulfonamides is 1. The van der Waals surface area contributed by atoms with E-state index in [-0.39, 0.29) is 16.4 Å². The molecule has 0 aromatic carbocycles. The first kappa shape index (κ1) is 18.8. The van der Waals surface area contributed by atoms with Gasteiger partial charge in [-0.1, -0.05) is 5.16 Å². The zero-order valence-electron chi connectivity index (χ0n) is 15.6. The SMILES string of the molecule is Cc1noc(C)c1-c1ccc(S(=O)(=O)N2CCc3c(c(C(N)=O)nn3C)C2)s1. The molecule has 0 spiro atoms. The molecule has 0 fully saturated rings. The molecule has 0 saturated carbocycles. The molecule has 4 rings (SSSR count). The Morgan fingerprint density at radius 1 is 1.32 bits per heavy atom. The fourth-order valence-electron chi connectivity index (χ4n) is 3.53. The molecule has 0 aliphatic carbocycles. The highest BCUT2D eigenvalue weighted by Gasteiger charge is 2.34. The average molecular weight is 422 g/mol. The molecule has 1 aliphatic heterocycles. The van der Waals surface area contributed by atoms with Crippen molar-refractivity contribution in [2.45, 2.75) is 31.0 Å². The lowest BCUT2D eigenvalue weighted by Gasteiger charge is -2.26. The maximum absolute atomic E-state index is 13.2. The third kappa shape index (κ3) is 2.86. The molecule has 2 N–H and O–H groups in total. The number of hydrogen-bond donors (Lipinski definition) is 1. The van der Waals surface area contributed by atoms with E-state index >= 15 is 0 Å². The van der Waals surface area contributed by atoms with E-state index < -0.39 is 15.9 Å². The van der Waals surface area contributed by atoms with E-state index in [4.69, 9.17) is 10.3 Å². The van der Waals surface area contributed by atoms with Crippen LogP contribution in [0.2, 0.25) is 0 Å². The van der Waals surface area contributed by atoms with Crippen molar-refractivity contribution in [3.63, 3.8) is 0 Å². The topological polar surface area (TPSA) is 124 Å². The molecule has 3 aromatic rings. The van der Waals surface area contributed by atoms with Crippen LogP contribution >= 0.6 is 11.3 Å². The van der Waals surface area contributed by atoms with Gasteiger partial charge in [-0.05, 0) is 26.0 Å². The van der Waals surface area contributed by atoms with Crippen LogP contribution in [0.3, 0.4) is 0 Å². The minimum atomic E-state index is -3.72. The predicted molar refractivity (Wildman–Crippen MR) is 102 cm³/mol. The lowest BCUT2D eigenvalue weighted by molar-refractivity contribution is 0.0993. The number of carbonyl (C=O) groups is 1. The van der Waals surface area contributed by atoms with Crippen molar-refractivity contribution < 1.29 is 17.7 Å². The van der Waals surface area contributed by atoms with E-state index in [1.807, 2.05) is 6.92 Å². The minimum Gasteiger partial charge on any atom is -0.364 e. The number of aromatic nitrogens is 3. The van der Waals surface area contributed by atoms with Crippen LogP contribution < -0.4 is 5.73 Å². The molecule has 0 bridgehead atoms. The van der Waals surface area contributed by atoms with Crippen molar-refractivity contribution in [3.05, 3.63) is 40.5 Å². The van der Waals surface area contributed by atoms with Crippen molar-refractivity contribution >= 4 is 27.3 Å². The van der Waals surface area contributed by atoms with Crippen LogP contribution in [0.5, 0.6) is 0 Å². The molecule has 9 nitrogen and oxygen atoms in total. The molecule has 28 heavy (non-hydrogen) atoms. The van der Waals surface area contributed by atoms with Crippen molar-refractivity contribution in [3.8, 4) is 10.4 Å². The van der Waals surface area contributed by atoms with E-state index in [0.717, 1.165) is 16.1 Å². The predicted octanol–water partition coefficient (Wildman–Crippen LogP) is 1.60. The first-order valence-electron chi connectivity index (χ1n) is 8.58. The summed E-state index contributed by atoms with van der Waals surface area (Å²) in [5.74, 6) is -0.0136.